The first-order valence-corrected chi connectivity index (χ1v) is 7.22. The van der Waals surface area contributed by atoms with Gasteiger partial charge in [-0.15, -0.1) is 0 Å². The molecule has 6 nitrogen and oxygen atoms in total. The van der Waals surface area contributed by atoms with Crippen molar-refractivity contribution < 1.29 is 28.7 Å². The summed E-state index contributed by atoms with van der Waals surface area (Å²) in [5, 5.41) is 20.4. The second-order valence-corrected chi connectivity index (χ2v) is 5.26. The van der Waals surface area contributed by atoms with Gasteiger partial charge in [-0.3, -0.25) is 14.8 Å². The molecule has 0 bridgehead atoms. The lowest BCUT2D eigenvalue weighted by molar-refractivity contribution is -0.149. The molecule has 1 unspecified atom stereocenters. The number of halogens is 2. The van der Waals surface area contributed by atoms with E-state index < -0.39 is 29.9 Å². The lowest BCUT2D eigenvalue weighted by atomic mass is 9.95. The second-order valence-electron chi connectivity index (χ2n) is 5.26. The average Bonchev–Trinajstić information content (AvgIpc) is 2.59. The maximum atomic E-state index is 12.9. The molecule has 0 heterocycles. The third kappa shape index (κ3) is 5.38. The lowest BCUT2D eigenvalue weighted by Crippen LogP contribution is -2.61. The SMILES string of the molecule is C/C=C/C#Cc1ccc(C(=O)N[C@H](C(=O)NO)C(C)(O)C(F)F)cc1. The zero-order valence-corrected chi connectivity index (χ0v) is 13.6. The van der Waals surface area contributed by atoms with Gasteiger partial charge in [0.1, 0.15) is 6.04 Å². The summed E-state index contributed by atoms with van der Waals surface area (Å²) in [5.74, 6) is 3.33. The van der Waals surface area contributed by atoms with Crippen LogP contribution in [0.4, 0.5) is 8.78 Å². The van der Waals surface area contributed by atoms with E-state index in [0.717, 1.165) is 5.48 Å². The molecular formula is C17H18F2N2O4. The van der Waals surface area contributed by atoms with E-state index in [1.807, 2.05) is 12.2 Å². The van der Waals surface area contributed by atoms with Gasteiger partial charge < -0.3 is 10.4 Å². The number of rotatable bonds is 5. The molecule has 1 aromatic carbocycles. The number of hydrogen-bond acceptors (Lipinski definition) is 4. The summed E-state index contributed by atoms with van der Waals surface area (Å²) in [6, 6.07) is 3.80. The Bertz CT molecular complexity index is 704. The van der Waals surface area contributed by atoms with Gasteiger partial charge in [0, 0.05) is 11.1 Å². The predicted molar refractivity (Wildman–Crippen MR) is 85.9 cm³/mol. The van der Waals surface area contributed by atoms with Crippen LogP contribution in [-0.4, -0.2) is 40.2 Å². The van der Waals surface area contributed by atoms with Crippen LogP contribution in [0.15, 0.2) is 36.4 Å². The summed E-state index contributed by atoms with van der Waals surface area (Å²) in [6.07, 6.45) is 0.0701. The number of hydroxylamine groups is 1. The van der Waals surface area contributed by atoms with Crippen LogP contribution in [-0.2, 0) is 4.79 Å². The Hall–Kier alpha value is -2.76. The van der Waals surface area contributed by atoms with E-state index in [2.05, 4.69) is 11.8 Å². The minimum atomic E-state index is -3.33. The molecule has 0 saturated carbocycles. The number of alkyl halides is 2. The van der Waals surface area contributed by atoms with Gasteiger partial charge in [0.25, 0.3) is 18.2 Å². The van der Waals surface area contributed by atoms with Crippen LogP contribution in [0, 0.1) is 11.8 Å². The highest BCUT2D eigenvalue weighted by Gasteiger charge is 2.46. The maximum Gasteiger partial charge on any atom is 0.269 e. The highest BCUT2D eigenvalue weighted by molar-refractivity contribution is 5.97. The Labute approximate surface area is 143 Å². The molecule has 2 amide bonds. The lowest BCUT2D eigenvalue weighted by Gasteiger charge is -2.30. The molecule has 4 N–H and O–H groups in total. The Kier molecular flexibility index (Phi) is 7.23. The monoisotopic (exact) mass is 352 g/mol. The van der Waals surface area contributed by atoms with Crippen molar-refractivity contribution >= 4 is 11.8 Å². The number of carbonyl (C=O) groups is 2. The van der Waals surface area contributed by atoms with E-state index in [-0.39, 0.29) is 5.56 Å². The first kappa shape index (κ1) is 20.3. The van der Waals surface area contributed by atoms with Gasteiger partial charge in [-0.05, 0) is 44.2 Å². The summed E-state index contributed by atoms with van der Waals surface area (Å²) in [7, 11) is 0. The normalized spacial score (nSPS) is 14.4. The van der Waals surface area contributed by atoms with Crippen LogP contribution in [0.25, 0.3) is 0 Å². The summed E-state index contributed by atoms with van der Waals surface area (Å²) >= 11 is 0. The Morgan fingerprint density at radius 1 is 1.28 bits per heavy atom. The van der Waals surface area contributed by atoms with E-state index >= 15 is 0 Å². The van der Waals surface area contributed by atoms with Crippen molar-refractivity contribution in [1.29, 1.82) is 0 Å². The number of hydrogen-bond donors (Lipinski definition) is 4. The molecular weight excluding hydrogens is 334 g/mol. The largest absolute Gasteiger partial charge is 0.381 e. The Balaban J connectivity index is 2.98. The number of carbonyl (C=O) groups excluding carboxylic acids is 2. The molecule has 1 rings (SSSR count). The molecule has 134 valence electrons. The molecule has 0 aromatic heterocycles. The van der Waals surface area contributed by atoms with E-state index in [0.29, 0.717) is 12.5 Å². The molecule has 2 atom stereocenters. The highest BCUT2D eigenvalue weighted by atomic mass is 19.3. The van der Waals surface area contributed by atoms with Gasteiger partial charge in [-0.1, -0.05) is 17.9 Å². The van der Waals surface area contributed by atoms with Crippen molar-refractivity contribution in [1.82, 2.24) is 10.8 Å². The summed E-state index contributed by atoms with van der Waals surface area (Å²) in [4.78, 5) is 23.7. The maximum absolute atomic E-state index is 12.9. The van der Waals surface area contributed by atoms with Gasteiger partial charge in [0.2, 0.25) is 0 Å². The fourth-order valence-electron chi connectivity index (χ4n) is 1.80. The minimum absolute atomic E-state index is 0.0670. The van der Waals surface area contributed by atoms with Gasteiger partial charge in [0.15, 0.2) is 5.60 Å². The minimum Gasteiger partial charge on any atom is -0.381 e. The Morgan fingerprint density at radius 2 is 1.88 bits per heavy atom. The topological polar surface area (TPSA) is 98.7 Å². The Morgan fingerprint density at radius 3 is 2.36 bits per heavy atom. The molecule has 0 fully saturated rings. The zero-order chi connectivity index (χ0) is 19.0. The fourth-order valence-corrected chi connectivity index (χ4v) is 1.80. The second kappa shape index (κ2) is 8.92. The van der Waals surface area contributed by atoms with Crippen LogP contribution in [0.5, 0.6) is 0 Å². The van der Waals surface area contributed by atoms with Gasteiger partial charge in [0.05, 0.1) is 0 Å². The van der Waals surface area contributed by atoms with Crippen LogP contribution in [0.3, 0.4) is 0 Å². The van der Waals surface area contributed by atoms with Crippen LogP contribution < -0.4 is 10.8 Å². The number of aliphatic hydroxyl groups is 1. The fraction of sp³-hybridized carbons (Fsp3) is 0.294. The summed E-state index contributed by atoms with van der Waals surface area (Å²) < 4.78 is 25.9. The van der Waals surface area contributed by atoms with E-state index in [1.54, 1.807) is 12.2 Å². The van der Waals surface area contributed by atoms with Crippen molar-refractivity contribution in [3.63, 3.8) is 0 Å². The molecule has 0 saturated heterocycles. The predicted octanol–water partition coefficient (Wildman–Crippen LogP) is 1.23. The van der Waals surface area contributed by atoms with Gasteiger partial charge >= 0.3 is 0 Å². The van der Waals surface area contributed by atoms with Crippen LogP contribution >= 0.6 is 0 Å². The number of allylic oxidation sites excluding steroid dienone is 2. The van der Waals surface area contributed by atoms with Crippen molar-refractivity contribution in [2.45, 2.75) is 31.9 Å². The van der Waals surface area contributed by atoms with E-state index in [4.69, 9.17) is 5.21 Å². The summed E-state index contributed by atoms with van der Waals surface area (Å²) in [5.41, 5.74) is -1.03. The third-order valence-corrected chi connectivity index (χ3v) is 3.29. The first-order valence-electron chi connectivity index (χ1n) is 7.22. The molecule has 25 heavy (non-hydrogen) atoms. The van der Waals surface area contributed by atoms with Crippen LogP contribution in [0.1, 0.15) is 29.8 Å². The molecule has 0 aliphatic rings. The molecule has 0 aliphatic heterocycles. The van der Waals surface area contributed by atoms with Gasteiger partial charge in [-0.25, -0.2) is 14.3 Å². The smallest absolute Gasteiger partial charge is 0.269 e. The van der Waals surface area contributed by atoms with E-state index in [9.17, 15) is 23.5 Å². The van der Waals surface area contributed by atoms with Crippen molar-refractivity contribution in [3.8, 4) is 11.8 Å². The van der Waals surface area contributed by atoms with E-state index in [1.165, 1.54) is 24.3 Å². The number of amides is 2. The summed E-state index contributed by atoms with van der Waals surface area (Å²) in [6.45, 7) is 2.49. The quantitative estimate of drug-likeness (QED) is 0.364. The average molecular weight is 352 g/mol. The zero-order valence-electron chi connectivity index (χ0n) is 13.6. The number of benzene rings is 1. The molecule has 1 aromatic rings. The molecule has 8 heteroatoms. The molecule has 0 radical (unpaired) electrons. The van der Waals surface area contributed by atoms with Crippen molar-refractivity contribution in [3.05, 3.63) is 47.5 Å². The number of nitrogens with one attached hydrogen (secondary N) is 2. The van der Waals surface area contributed by atoms with Crippen molar-refractivity contribution in [2.75, 3.05) is 0 Å². The van der Waals surface area contributed by atoms with Crippen molar-refractivity contribution in [2.24, 2.45) is 0 Å². The first-order chi connectivity index (χ1) is 11.7. The molecule has 0 spiro atoms. The standard InChI is InChI=1S/C17H18F2N2O4/c1-3-4-5-6-11-7-9-12(10-8-11)14(22)20-13(15(23)21-25)17(2,24)16(18)19/h3-4,7-10,13,16,24-25H,1-2H3,(H,20,22)(H,21,23)/b4-3+/t13-,17?/m1/s1. The van der Waals surface area contributed by atoms with Gasteiger partial charge in [-0.2, -0.15) is 0 Å². The van der Waals surface area contributed by atoms with Crippen LogP contribution in [0.2, 0.25) is 0 Å². The highest BCUT2D eigenvalue weighted by Crippen LogP contribution is 2.20. The third-order valence-electron chi connectivity index (χ3n) is 3.29. The molecule has 0 aliphatic carbocycles.